The van der Waals surface area contributed by atoms with E-state index in [1.807, 2.05) is 0 Å². The Hall–Kier alpha value is -1.13. The Morgan fingerprint density at radius 1 is 1.77 bits per heavy atom. The summed E-state index contributed by atoms with van der Waals surface area (Å²) in [5.41, 5.74) is 6.38. The van der Waals surface area contributed by atoms with Gasteiger partial charge in [-0.1, -0.05) is 0 Å². The molecule has 0 aliphatic rings. The average Bonchev–Trinajstić information content (AvgIpc) is 2.57. The molecule has 1 atom stereocenters. The Bertz CT molecular complexity index is 256. The van der Waals surface area contributed by atoms with Gasteiger partial charge in [-0.3, -0.25) is 4.79 Å². The third-order valence-electron chi connectivity index (χ3n) is 1.72. The van der Waals surface area contributed by atoms with E-state index in [1.54, 1.807) is 6.07 Å². The van der Waals surface area contributed by atoms with Gasteiger partial charge in [-0.2, -0.15) is 0 Å². The number of carbonyl (C=O) groups excluding carboxylic acids is 1. The Morgan fingerprint density at radius 3 is 3.08 bits per heavy atom. The van der Waals surface area contributed by atoms with Crippen molar-refractivity contribution in [2.45, 2.75) is 12.5 Å². The van der Waals surface area contributed by atoms with Gasteiger partial charge in [0, 0.05) is 13.5 Å². The summed E-state index contributed by atoms with van der Waals surface area (Å²) < 4.78 is 9.61. The van der Waals surface area contributed by atoms with Crippen LogP contribution in [-0.2, 0) is 16.0 Å². The molecular formula is C9H13NO3. The van der Waals surface area contributed by atoms with Crippen LogP contribution in [-0.4, -0.2) is 25.5 Å². The highest BCUT2D eigenvalue weighted by Crippen LogP contribution is 2.02. The fraction of sp³-hybridized carbons (Fsp3) is 0.444. The van der Waals surface area contributed by atoms with Crippen molar-refractivity contribution in [3.63, 3.8) is 0 Å². The minimum absolute atomic E-state index is 0.0387. The van der Waals surface area contributed by atoms with Gasteiger partial charge in [0.1, 0.15) is 0 Å². The third-order valence-corrected chi connectivity index (χ3v) is 1.72. The fourth-order valence-corrected chi connectivity index (χ4v) is 0.998. The molecule has 0 amide bonds. The van der Waals surface area contributed by atoms with Gasteiger partial charge in [-0.15, -0.1) is 0 Å². The lowest BCUT2D eigenvalue weighted by atomic mass is 10.1. The Morgan fingerprint density at radius 2 is 2.54 bits per heavy atom. The second kappa shape index (κ2) is 4.79. The molecule has 0 spiro atoms. The van der Waals surface area contributed by atoms with Crippen molar-refractivity contribution >= 4 is 5.78 Å². The minimum Gasteiger partial charge on any atom is -0.472 e. The van der Waals surface area contributed by atoms with Crippen molar-refractivity contribution in [1.29, 1.82) is 0 Å². The topological polar surface area (TPSA) is 65.5 Å². The number of furan rings is 1. The predicted octanol–water partition coefficient (Wildman–Crippen LogP) is 0.365. The first-order valence-corrected chi connectivity index (χ1v) is 4.02. The largest absolute Gasteiger partial charge is 0.472 e. The molecule has 1 aromatic rings. The van der Waals surface area contributed by atoms with Crippen LogP contribution in [0, 0.1) is 0 Å². The van der Waals surface area contributed by atoms with Crippen molar-refractivity contribution < 1.29 is 13.9 Å². The summed E-state index contributed by atoms with van der Waals surface area (Å²) in [7, 11) is 1.52. The molecule has 0 saturated heterocycles. The summed E-state index contributed by atoms with van der Waals surface area (Å²) in [6.07, 6.45) is 3.38. The second-order valence-corrected chi connectivity index (χ2v) is 2.84. The lowest BCUT2D eigenvalue weighted by Crippen LogP contribution is -2.35. The molecule has 72 valence electrons. The van der Waals surface area contributed by atoms with E-state index in [9.17, 15) is 4.79 Å². The average molecular weight is 183 g/mol. The van der Waals surface area contributed by atoms with Gasteiger partial charge < -0.3 is 14.9 Å². The van der Waals surface area contributed by atoms with Crippen LogP contribution >= 0.6 is 0 Å². The fourth-order valence-electron chi connectivity index (χ4n) is 0.998. The normalized spacial score (nSPS) is 12.8. The Labute approximate surface area is 76.7 Å². The van der Waals surface area contributed by atoms with Gasteiger partial charge in [0.05, 0.1) is 25.2 Å². The van der Waals surface area contributed by atoms with E-state index in [4.69, 9.17) is 14.9 Å². The molecule has 13 heavy (non-hydrogen) atoms. The number of hydrogen-bond acceptors (Lipinski definition) is 4. The number of Topliss-reactive ketones (excluding diaryl/α,β-unsaturated/α-hetero) is 1. The van der Waals surface area contributed by atoms with E-state index < -0.39 is 6.04 Å². The zero-order valence-electron chi connectivity index (χ0n) is 7.53. The molecule has 1 aromatic heterocycles. The van der Waals surface area contributed by atoms with Crippen LogP contribution in [0.25, 0.3) is 0 Å². The van der Waals surface area contributed by atoms with Gasteiger partial charge in [-0.05, 0) is 11.6 Å². The van der Waals surface area contributed by atoms with Crippen LogP contribution < -0.4 is 5.73 Å². The highest BCUT2D eigenvalue weighted by Gasteiger charge is 2.13. The Kier molecular flexibility index (Phi) is 3.67. The standard InChI is InChI=1S/C9H13NO3/c1-12-6-8(10)9(11)4-7-2-3-13-5-7/h2-3,5,8H,4,6,10H2,1H3. The SMILES string of the molecule is COCC(N)C(=O)Cc1ccoc1. The van der Waals surface area contributed by atoms with Crippen molar-refractivity contribution in [2.24, 2.45) is 5.73 Å². The summed E-state index contributed by atoms with van der Waals surface area (Å²) >= 11 is 0. The number of hydrogen-bond donors (Lipinski definition) is 1. The number of carbonyl (C=O) groups is 1. The van der Waals surface area contributed by atoms with E-state index >= 15 is 0 Å². The van der Waals surface area contributed by atoms with Crippen molar-refractivity contribution in [3.05, 3.63) is 24.2 Å². The van der Waals surface area contributed by atoms with E-state index in [-0.39, 0.29) is 12.4 Å². The highest BCUT2D eigenvalue weighted by atomic mass is 16.5. The maximum atomic E-state index is 11.4. The summed E-state index contributed by atoms with van der Waals surface area (Å²) in [5, 5.41) is 0. The number of rotatable bonds is 5. The monoisotopic (exact) mass is 183 g/mol. The molecule has 4 heteroatoms. The van der Waals surface area contributed by atoms with Crippen molar-refractivity contribution in [2.75, 3.05) is 13.7 Å². The number of methoxy groups -OCH3 is 1. The lowest BCUT2D eigenvalue weighted by Gasteiger charge is -2.07. The van der Waals surface area contributed by atoms with E-state index in [2.05, 4.69) is 0 Å². The smallest absolute Gasteiger partial charge is 0.156 e. The molecule has 0 aliphatic heterocycles. The van der Waals surface area contributed by atoms with Crippen LogP contribution in [0.2, 0.25) is 0 Å². The molecule has 4 nitrogen and oxygen atoms in total. The van der Waals surface area contributed by atoms with E-state index in [0.717, 1.165) is 5.56 Å². The molecule has 1 heterocycles. The van der Waals surface area contributed by atoms with Gasteiger partial charge >= 0.3 is 0 Å². The molecule has 0 saturated carbocycles. The summed E-state index contributed by atoms with van der Waals surface area (Å²) in [4.78, 5) is 11.4. The quantitative estimate of drug-likeness (QED) is 0.716. The zero-order chi connectivity index (χ0) is 9.68. The molecule has 1 rings (SSSR count). The second-order valence-electron chi connectivity index (χ2n) is 2.84. The summed E-state index contributed by atoms with van der Waals surface area (Å²) in [6, 6.07) is 1.21. The van der Waals surface area contributed by atoms with Crippen LogP contribution in [0.3, 0.4) is 0 Å². The zero-order valence-corrected chi connectivity index (χ0v) is 7.53. The number of ketones is 1. The van der Waals surface area contributed by atoms with Gasteiger partial charge in [0.15, 0.2) is 5.78 Å². The number of ether oxygens (including phenoxy) is 1. The van der Waals surface area contributed by atoms with Crippen LogP contribution in [0.15, 0.2) is 23.0 Å². The third kappa shape index (κ3) is 3.01. The lowest BCUT2D eigenvalue weighted by molar-refractivity contribution is -0.120. The summed E-state index contributed by atoms with van der Waals surface area (Å²) in [5.74, 6) is -0.0387. The molecule has 2 N–H and O–H groups in total. The van der Waals surface area contributed by atoms with Gasteiger partial charge in [0.25, 0.3) is 0 Å². The molecule has 0 aliphatic carbocycles. The van der Waals surface area contributed by atoms with E-state index in [0.29, 0.717) is 6.42 Å². The molecule has 1 unspecified atom stereocenters. The first kappa shape index (κ1) is 9.95. The summed E-state index contributed by atoms with van der Waals surface area (Å²) in [6.45, 7) is 0.261. The molecule has 0 aromatic carbocycles. The predicted molar refractivity (Wildman–Crippen MR) is 47.3 cm³/mol. The highest BCUT2D eigenvalue weighted by molar-refractivity contribution is 5.85. The molecule has 0 fully saturated rings. The van der Waals surface area contributed by atoms with Gasteiger partial charge in [0.2, 0.25) is 0 Å². The maximum absolute atomic E-state index is 11.4. The van der Waals surface area contributed by atoms with Crippen LogP contribution in [0.5, 0.6) is 0 Å². The molecular weight excluding hydrogens is 170 g/mol. The van der Waals surface area contributed by atoms with Crippen LogP contribution in [0.4, 0.5) is 0 Å². The van der Waals surface area contributed by atoms with Crippen molar-refractivity contribution in [3.8, 4) is 0 Å². The number of nitrogens with two attached hydrogens (primary N) is 1. The van der Waals surface area contributed by atoms with Gasteiger partial charge in [-0.25, -0.2) is 0 Å². The molecule has 0 bridgehead atoms. The van der Waals surface area contributed by atoms with Crippen molar-refractivity contribution in [1.82, 2.24) is 0 Å². The Balaban J connectivity index is 2.41. The maximum Gasteiger partial charge on any atom is 0.156 e. The first-order valence-electron chi connectivity index (χ1n) is 4.02. The molecule has 0 radical (unpaired) electrons. The van der Waals surface area contributed by atoms with Crippen LogP contribution in [0.1, 0.15) is 5.56 Å². The first-order chi connectivity index (χ1) is 6.24. The van der Waals surface area contributed by atoms with E-state index in [1.165, 1.54) is 19.6 Å². The minimum atomic E-state index is -0.542.